The summed E-state index contributed by atoms with van der Waals surface area (Å²) >= 11 is 0. The van der Waals surface area contributed by atoms with E-state index in [0.29, 0.717) is 31.4 Å². The van der Waals surface area contributed by atoms with Crippen LogP contribution < -0.4 is 0 Å². The highest BCUT2D eigenvalue weighted by Gasteiger charge is 2.38. The summed E-state index contributed by atoms with van der Waals surface area (Å²) in [6, 6.07) is 0. The van der Waals surface area contributed by atoms with Crippen LogP contribution in [0.5, 0.6) is 0 Å². The van der Waals surface area contributed by atoms with Gasteiger partial charge in [-0.25, -0.2) is 4.79 Å². The summed E-state index contributed by atoms with van der Waals surface area (Å²) in [6.45, 7) is 9.28. The topological polar surface area (TPSA) is 77.7 Å². The van der Waals surface area contributed by atoms with Gasteiger partial charge in [0, 0.05) is 12.5 Å². The number of carbonyl (C=O) groups excluding carboxylic acids is 1. The zero-order valence-corrected chi connectivity index (χ0v) is 15.7. The summed E-state index contributed by atoms with van der Waals surface area (Å²) in [7, 11) is 0. The van der Waals surface area contributed by atoms with Crippen LogP contribution in [0, 0.1) is 0 Å². The summed E-state index contributed by atoms with van der Waals surface area (Å²) < 4.78 is 17.0. The maximum absolute atomic E-state index is 12.4. The smallest absolute Gasteiger partial charge is 0.410 e. The highest BCUT2D eigenvalue weighted by molar-refractivity contribution is 5.68. The van der Waals surface area contributed by atoms with Gasteiger partial charge in [-0.15, -0.1) is 0 Å². The number of ether oxygens (including phenoxy) is 2. The van der Waals surface area contributed by atoms with Gasteiger partial charge in [-0.1, -0.05) is 12.1 Å². The van der Waals surface area contributed by atoms with Gasteiger partial charge in [0.2, 0.25) is 5.89 Å². The highest BCUT2D eigenvalue weighted by Crippen LogP contribution is 2.39. The van der Waals surface area contributed by atoms with Gasteiger partial charge in [-0.3, -0.25) is 0 Å². The largest absolute Gasteiger partial charge is 0.444 e. The van der Waals surface area contributed by atoms with E-state index < -0.39 is 5.60 Å². The van der Waals surface area contributed by atoms with Gasteiger partial charge in [0.1, 0.15) is 12.2 Å². The summed E-state index contributed by atoms with van der Waals surface area (Å²) in [6.07, 6.45) is 4.62. The Bertz CT molecular complexity index is 606. The molecule has 0 N–H and O–H groups in total. The molecule has 0 bridgehead atoms. The van der Waals surface area contributed by atoms with Crippen LogP contribution in [-0.4, -0.2) is 45.4 Å². The molecule has 1 atom stereocenters. The third-order valence-corrected chi connectivity index (χ3v) is 4.75. The van der Waals surface area contributed by atoms with Crippen LogP contribution in [0.4, 0.5) is 4.79 Å². The second kappa shape index (κ2) is 6.94. The van der Waals surface area contributed by atoms with Crippen LogP contribution in [0.15, 0.2) is 4.52 Å². The van der Waals surface area contributed by atoms with Crippen LogP contribution >= 0.6 is 0 Å². The van der Waals surface area contributed by atoms with Crippen molar-refractivity contribution >= 4 is 6.09 Å². The molecule has 1 unspecified atom stereocenters. The Balaban J connectivity index is 1.59. The Morgan fingerprint density at radius 2 is 2.16 bits per heavy atom. The zero-order chi connectivity index (χ0) is 18.1. The van der Waals surface area contributed by atoms with Crippen LogP contribution in [0.3, 0.4) is 0 Å². The van der Waals surface area contributed by atoms with Crippen LogP contribution in [-0.2, 0) is 16.1 Å². The van der Waals surface area contributed by atoms with Crippen molar-refractivity contribution in [3.63, 3.8) is 0 Å². The normalized spacial score (nSPS) is 24.4. The summed E-state index contributed by atoms with van der Waals surface area (Å²) in [5.74, 6) is 1.76. The fourth-order valence-corrected chi connectivity index (χ4v) is 3.13. The number of amides is 1. The average Bonchev–Trinajstić information content (AvgIpc) is 3.30. The first kappa shape index (κ1) is 18.2. The van der Waals surface area contributed by atoms with E-state index in [4.69, 9.17) is 14.0 Å². The van der Waals surface area contributed by atoms with E-state index in [1.165, 1.54) is 0 Å². The third-order valence-electron chi connectivity index (χ3n) is 4.75. The van der Waals surface area contributed by atoms with Crippen molar-refractivity contribution in [3.8, 4) is 0 Å². The molecule has 1 amide bonds. The molecule has 2 heterocycles. The molecule has 2 aliphatic rings. The van der Waals surface area contributed by atoms with E-state index in [-0.39, 0.29) is 11.7 Å². The van der Waals surface area contributed by atoms with Gasteiger partial charge >= 0.3 is 6.09 Å². The van der Waals surface area contributed by atoms with Crippen molar-refractivity contribution in [1.82, 2.24) is 15.0 Å². The minimum absolute atomic E-state index is 0.274. The number of rotatable bonds is 5. The third kappa shape index (κ3) is 4.71. The minimum Gasteiger partial charge on any atom is -0.444 e. The average molecular weight is 351 g/mol. The van der Waals surface area contributed by atoms with E-state index in [1.54, 1.807) is 4.90 Å². The number of hydrogen-bond donors (Lipinski definition) is 0. The van der Waals surface area contributed by atoms with E-state index in [1.807, 2.05) is 20.8 Å². The molecule has 1 saturated carbocycles. The first-order valence-electron chi connectivity index (χ1n) is 9.25. The molecule has 0 spiro atoms. The zero-order valence-electron chi connectivity index (χ0n) is 15.7. The monoisotopic (exact) mass is 351 g/mol. The first-order valence-corrected chi connectivity index (χ1v) is 9.25. The molecule has 1 aliphatic carbocycles. The van der Waals surface area contributed by atoms with Gasteiger partial charge in [0.15, 0.2) is 5.82 Å². The van der Waals surface area contributed by atoms with Crippen molar-refractivity contribution in [1.29, 1.82) is 0 Å². The Labute approximate surface area is 149 Å². The SMILES string of the molecule is CCC1(OCc2noc(C3CC3)n2)CCCN(C(=O)OC(C)(C)C)C1. The van der Waals surface area contributed by atoms with Crippen molar-refractivity contribution < 1.29 is 18.8 Å². The molecule has 1 aromatic heterocycles. The predicted octanol–water partition coefficient (Wildman–Crippen LogP) is 3.64. The maximum Gasteiger partial charge on any atom is 0.410 e. The van der Waals surface area contributed by atoms with Crippen molar-refractivity contribution in [2.45, 2.75) is 83.5 Å². The number of hydrogen-bond acceptors (Lipinski definition) is 6. The maximum atomic E-state index is 12.4. The van der Waals surface area contributed by atoms with E-state index >= 15 is 0 Å². The standard InChI is InChI=1S/C18H29N3O4/c1-5-18(23-11-14-19-15(25-20-14)13-7-8-13)9-6-10-21(12-18)16(22)24-17(2,3)4/h13H,5-12H2,1-4H3. The molecular weight excluding hydrogens is 322 g/mol. The molecule has 1 aliphatic heterocycles. The van der Waals surface area contributed by atoms with Gasteiger partial charge in [0.05, 0.1) is 12.1 Å². The Morgan fingerprint density at radius 1 is 1.40 bits per heavy atom. The molecule has 25 heavy (non-hydrogen) atoms. The molecule has 0 aromatic carbocycles. The molecule has 3 rings (SSSR count). The quantitative estimate of drug-likeness (QED) is 0.806. The molecule has 1 saturated heterocycles. The van der Waals surface area contributed by atoms with Crippen LogP contribution in [0.25, 0.3) is 0 Å². The molecule has 0 radical (unpaired) electrons. The van der Waals surface area contributed by atoms with Crippen molar-refractivity contribution in [3.05, 3.63) is 11.7 Å². The Kier molecular flexibility index (Phi) is 5.04. The Hall–Kier alpha value is -1.63. The van der Waals surface area contributed by atoms with E-state index in [2.05, 4.69) is 17.1 Å². The van der Waals surface area contributed by atoms with Crippen molar-refractivity contribution in [2.75, 3.05) is 13.1 Å². The number of likely N-dealkylation sites (tertiary alicyclic amines) is 1. The predicted molar refractivity (Wildman–Crippen MR) is 91.1 cm³/mol. The van der Waals surface area contributed by atoms with Gasteiger partial charge in [-0.2, -0.15) is 4.98 Å². The van der Waals surface area contributed by atoms with Crippen molar-refractivity contribution in [2.24, 2.45) is 0 Å². The molecule has 7 nitrogen and oxygen atoms in total. The molecule has 140 valence electrons. The lowest BCUT2D eigenvalue weighted by molar-refractivity contribution is -0.103. The second-order valence-electron chi connectivity index (χ2n) is 8.15. The lowest BCUT2D eigenvalue weighted by atomic mass is 9.90. The highest BCUT2D eigenvalue weighted by atomic mass is 16.6. The number of nitrogens with zero attached hydrogens (tertiary/aromatic N) is 3. The number of piperidine rings is 1. The molecular formula is C18H29N3O4. The summed E-state index contributed by atoms with van der Waals surface area (Å²) in [4.78, 5) is 18.6. The lowest BCUT2D eigenvalue weighted by Crippen LogP contribution is -2.52. The summed E-state index contributed by atoms with van der Waals surface area (Å²) in [5, 5.41) is 4.01. The van der Waals surface area contributed by atoms with Gasteiger partial charge < -0.3 is 18.9 Å². The van der Waals surface area contributed by atoms with Crippen LogP contribution in [0.2, 0.25) is 0 Å². The lowest BCUT2D eigenvalue weighted by Gasteiger charge is -2.42. The number of aromatic nitrogens is 2. The fourth-order valence-electron chi connectivity index (χ4n) is 3.13. The minimum atomic E-state index is -0.492. The first-order chi connectivity index (χ1) is 11.8. The van der Waals surface area contributed by atoms with E-state index in [9.17, 15) is 4.79 Å². The van der Waals surface area contributed by atoms with E-state index in [0.717, 1.165) is 38.0 Å². The molecule has 1 aromatic rings. The molecule has 2 fully saturated rings. The summed E-state index contributed by atoms with van der Waals surface area (Å²) in [5.41, 5.74) is -0.871. The fraction of sp³-hybridized carbons (Fsp3) is 0.833. The van der Waals surface area contributed by atoms with Crippen LogP contribution in [0.1, 0.15) is 77.4 Å². The van der Waals surface area contributed by atoms with Gasteiger partial charge in [-0.05, 0) is 52.9 Å². The second-order valence-corrected chi connectivity index (χ2v) is 8.15. The Morgan fingerprint density at radius 3 is 2.80 bits per heavy atom. The van der Waals surface area contributed by atoms with Gasteiger partial charge in [0.25, 0.3) is 0 Å². The molecule has 7 heteroatoms. The number of carbonyl (C=O) groups is 1.